The van der Waals surface area contributed by atoms with E-state index in [0.717, 1.165) is 32.1 Å². The molecule has 0 saturated heterocycles. The summed E-state index contributed by atoms with van der Waals surface area (Å²) in [6.45, 7) is 10.2. The highest BCUT2D eigenvalue weighted by Gasteiger charge is 2.64. The van der Waals surface area contributed by atoms with Crippen LogP contribution in [0.3, 0.4) is 0 Å². The van der Waals surface area contributed by atoms with Gasteiger partial charge in [0.1, 0.15) is 11.4 Å². The smallest absolute Gasteiger partial charge is 0.354 e. The summed E-state index contributed by atoms with van der Waals surface area (Å²) < 4.78 is 5.94. The highest BCUT2D eigenvalue weighted by molar-refractivity contribution is 5.85. The molecule has 6 nitrogen and oxygen atoms in total. The van der Waals surface area contributed by atoms with Crippen molar-refractivity contribution in [2.75, 3.05) is 6.61 Å². The SMILES string of the molecule is CC[C@H]1[C@@H](O)[C@@H]2[C@H](CC[C@]3(C)[C@@H]([C@H](C)CCOc4ccc(C(=O)O)nc4)CC[C@@H]23)[C@@]2(C)CC[C@@H](O)C[C@@H]12. The lowest BCUT2D eigenvalue weighted by molar-refractivity contribution is -0.203. The number of carboxylic acids is 1. The molecule has 3 N–H and O–H groups in total. The molecule has 4 saturated carbocycles. The van der Waals surface area contributed by atoms with Gasteiger partial charge in [0.15, 0.2) is 0 Å². The van der Waals surface area contributed by atoms with Crippen LogP contribution in [-0.4, -0.2) is 45.1 Å². The number of hydrogen-bond donors (Lipinski definition) is 3. The fourth-order valence-corrected chi connectivity index (χ4v) is 10.1. The number of fused-ring (bicyclic) bond motifs is 5. The van der Waals surface area contributed by atoms with Crippen LogP contribution in [-0.2, 0) is 0 Å². The molecule has 0 unspecified atom stereocenters. The minimum atomic E-state index is -1.03. The Labute approximate surface area is 222 Å². The maximum absolute atomic E-state index is 11.9. The minimum Gasteiger partial charge on any atom is -0.492 e. The lowest BCUT2D eigenvalue weighted by Crippen LogP contribution is -2.62. The van der Waals surface area contributed by atoms with Crippen LogP contribution >= 0.6 is 0 Å². The Kier molecular flexibility index (Phi) is 7.38. The average molecular weight is 514 g/mol. The number of aliphatic hydroxyl groups is 2. The maximum Gasteiger partial charge on any atom is 0.354 e. The maximum atomic E-state index is 11.9. The zero-order chi connectivity index (χ0) is 26.5. The zero-order valence-electron chi connectivity index (χ0n) is 23.1. The molecule has 0 amide bonds. The van der Waals surface area contributed by atoms with Crippen molar-refractivity contribution in [2.24, 2.45) is 52.3 Å². The van der Waals surface area contributed by atoms with Crippen molar-refractivity contribution in [2.45, 2.75) is 97.7 Å². The number of aliphatic hydroxyl groups excluding tert-OH is 2. The number of carboxylic acid groups (broad SMARTS) is 1. The van der Waals surface area contributed by atoms with Gasteiger partial charge >= 0.3 is 5.97 Å². The third kappa shape index (κ3) is 4.50. The first kappa shape index (κ1) is 26.9. The first-order chi connectivity index (χ1) is 17.6. The van der Waals surface area contributed by atoms with Gasteiger partial charge < -0.3 is 20.1 Å². The molecule has 4 aliphatic carbocycles. The molecule has 4 aliphatic rings. The summed E-state index contributed by atoms with van der Waals surface area (Å²) in [6, 6.07) is 3.17. The van der Waals surface area contributed by atoms with Crippen molar-refractivity contribution in [3.8, 4) is 5.75 Å². The molecule has 6 heteroatoms. The van der Waals surface area contributed by atoms with Gasteiger partial charge in [-0.05, 0) is 116 Å². The van der Waals surface area contributed by atoms with E-state index in [0.29, 0.717) is 53.8 Å². The molecular weight excluding hydrogens is 466 g/mol. The van der Waals surface area contributed by atoms with Crippen molar-refractivity contribution in [1.82, 2.24) is 4.98 Å². The molecule has 0 bridgehead atoms. The number of ether oxygens (including phenoxy) is 1. The predicted molar refractivity (Wildman–Crippen MR) is 142 cm³/mol. The number of aromatic nitrogens is 1. The number of aromatic carboxylic acids is 1. The van der Waals surface area contributed by atoms with Crippen molar-refractivity contribution in [1.29, 1.82) is 0 Å². The van der Waals surface area contributed by atoms with Crippen molar-refractivity contribution >= 4 is 5.97 Å². The van der Waals surface area contributed by atoms with Gasteiger partial charge in [0.25, 0.3) is 0 Å². The van der Waals surface area contributed by atoms with Crippen LogP contribution in [0.15, 0.2) is 18.3 Å². The van der Waals surface area contributed by atoms with Crippen LogP contribution in [0.4, 0.5) is 0 Å². The highest BCUT2D eigenvalue weighted by atomic mass is 16.5. The van der Waals surface area contributed by atoms with Crippen LogP contribution in [0.5, 0.6) is 5.75 Å². The molecule has 0 aromatic carbocycles. The summed E-state index contributed by atoms with van der Waals surface area (Å²) in [6.07, 6.45) is 10.8. The first-order valence-corrected chi connectivity index (χ1v) is 14.8. The van der Waals surface area contributed by atoms with Gasteiger partial charge in [-0.2, -0.15) is 0 Å². The van der Waals surface area contributed by atoms with E-state index in [1.807, 2.05) is 0 Å². The number of hydrogen-bond acceptors (Lipinski definition) is 5. The van der Waals surface area contributed by atoms with Gasteiger partial charge in [-0.3, -0.25) is 0 Å². The fraction of sp³-hybridized carbons (Fsp3) is 0.806. The summed E-state index contributed by atoms with van der Waals surface area (Å²) >= 11 is 0. The molecule has 0 aliphatic heterocycles. The Morgan fingerprint density at radius 1 is 1.08 bits per heavy atom. The molecule has 1 aromatic rings. The second-order valence-corrected chi connectivity index (χ2v) is 13.4. The number of carbonyl (C=O) groups is 1. The van der Waals surface area contributed by atoms with Gasteiger partial charge in [-0.1, -0.05) is 34.1 Å². The molecule has 37 heavy (non-hydrogen) atoms. The molecule has 11 atom stereocenters. The molecule has 4 fully saturated rings. The normalized spacial score (nSPS) is 43.8. The summed E-state index contributed by atoms with van der Waals surface area (Å²) in [5, 5.41) is 31.4. The fourth-order valence-electron chi connectivity index (χ4n) is 10.1. The second-order valence-electron chi connectivity index (χ2n) is 13.4. The largest absolute Gasteiger partial charge is 0.492 e. The Morgan fingerprint density at radius 2 is 1.81 bits per heavy atom. The zero-order valence-corrected chi connectivity index (χ0v) is 23.1. The number of rotatable bonds is 7. The molecular formula is C31H47NO5. The van der Waals surface area contributed by atoms with E-state index in [-0.39, 0.29) is 28.7 Å². The van der Waals surface area contributed by atoms with Gasteiger partial charge in [0, 0.05) is 0 Å². The van der Waals surface area contributed by atoms with Gasteiger partial charge in [0.05, 0.1) is 25.0 Å². The molecule has 1 aromatic heterocycles. The highest BCUT2D eigenvalue weighted by Crippen LogP contribution is 2.69. The van der Waals surface area contributed by atoms with E-state index < -0.39 is 5.97 Å². The second kappa shape index (κ2) is 10.1. The summed E-state index contributed by atoms with van der Waals surface area (Å²) in [7, 11) is 0. The summed E-state index contributed by atoms with van der Waals surface area (Å²) in [5.74, 6) is 2.99. The molecule has 0 spiro atoms. The Balaban J connectivity index is 1.27. The van der Waals surface area contributed by atoms with Crippen LogP contribution in [0, 0.1) is 52.3 Å². The van der Waals surface area contributed by atoms with E-state index in [1.165, 1.54) is 37.9 Å². The van der Waals surface area contributed by atoms with E-state index in [9.17, 15) is 15.0 Å². The van der Waals surface area contributed by atoms with E-state index >= 15 is 0 Å². The average Bonchev–Trinajstić information content (AvgIpc) is 3.23. The van der Waals surface area contributed by atoms with E-state index in [1.54, 1.807) is 6.07 Å². The van der Waals surface area contributed by atoms with Crippen LogP contribution < -0.4 is 4.74 Å². The Bertz CT molecular complexity index is 967. The van der Waals surface area contributed by atoms with Gasteiger partial charge in [-0.15, -0.1) is 0 Å². The number of pyridine rings is 1. The monoisotopic (exact) mass is 513 g/mol. The van der Waals surface area contributed by atoms with Crippen molar-refractivity contribution < 1.29 is 24.9 Å². The van der Waals surface area contributed by atoms with Gasteiger partial charge in [-0.25, -0.2) is 9.78 Å². The lowest BCUT2D eigenvalue weighted by atomic mass is 9.41. The predicted octanol–water partition coefficient (Wildman–Crippen LogP) is 5.81. The molecule has 206 valence electrons. The standard InChI is InChI=1S/C31H47NO5/c1-5-21-25-16-19(33)10-13-31(25,4)24-11-14-30(3)22(7-8-23(30)27(24)28(21)34)18(2)12-15-37-20-6-9-26(29(35)36)32-17-20/h6,9,17-19,21-25,27-28,33-34H,5,7-8,10-16H2,1-4H3,(H,35,36)/t18-,19-,21-,22-,23+,24+,25+,27+,28-,30-,31-/m1/s1. The quantitative estimate of drug-likeness (QED) is 0.425. The lowest BCUT2D eigenvalue weighted by Gasteiger charge is -2.64. The Morgan fingerprint density at radius 3 is 2.49 bits per heavy atom. The van der Waals surface area contributed by atoms with Crippen molar-refractivity contribution in [3.63, 3.8) is 0 Å². The number of nitrogens with zero attached hydrogens (tertiary/aromatic N) is 1. The topological polar surface area (TPSA) is 99.9 Å². The van der Waals surface area contributed by atoms with Crippen LogP contribution in [0.1, 0.15) is 96.0 Å². The van der Waals surface area contributed by atoms with E-state index in [2.05, 4.69) is 32.7 Å². The molecule has 0 radical (unpaired) electrons. The van der Waals surface area contributed by atoms with Crippen molar-refractivity contribution in [3.05, 3.63) is 24.0 Å². The third-order valence-electron chi connectivity index (χ3n) is 11.9. The van der Waals surface area contributed by atoms with Gasteiger partial charge in [0.2, 0.25) is 0 Å². The minimum absolute atomic E-state index is 0.0287. The molecule has 5 rings (SSSR count). The Hall–Kier alpha value is -1.66. The van der Waals surface area contributed by atoms with Crippen LogP contribution in [0.2, 0.25) is 0 Å². The van der Waals surface area contributed by atoms with Crippen LogP contribution in [0.25, 0.3) is 0 Å². The first-order valence-electron chi connectivity index (χ1n) is 14.8. The summed E-state index contributed by atoms with van der Waals surface area (Å²) in [5.41, 5.74) is 0.524. The summed E-state index contributed by atoms with van der Waals surface area (Å²) in [4.78, 5) is 15.0. The van der Waals surface area contributed by atoms with E-state index in [4.69, 9.17) is 9.84 Å². The molecule has 1 heterocycles. The third-order valence-corrected chi connectivity index (χ3v) is 11.9.